The van der Waals surface area contributed by atoms with Crippen LogP contribution in [0.4, 0.5) is 0 Å². The van der Waals surface area contributed by atoms with Crippen molar-refractivity contribution in [3.8, 4) is 0 Å². The molecule has 2 aromatic rings. The number of benzene rings is 2. The first-order valence-electron chi connectivity index (χ1n) is 7.83. The van der Waals surface area contributed by atoms with Gasteiger partial charge in [-0.15, -0.1) is 11.8 Å². The predicted molar refractivity (Wildman–Crippen MR) is 90.1 cm³/mol. The Bertz CT molecular complexity index is 702. The van der Waals surface area contributed by atoms with Crippen molar-refractivity contribution >= 4 is 17.7 Å². The number of fused-ring (bicyclic) bond motifs is 2. The molecule has 0 saturated carbocycles. The lowest BCUT2D eigenvalue weighted by atomic mass is 10.1. The topological polar surface area (TPSA) is 20.3 Å². The summed E-state index contributed by atoms with van der Waals surface area (Å²) in [4.78, 5) is 16.2. The summed E-state index contributed by atoms with van der Waals surface area (Å²) in [6.45, 7) is 0. The van der Waals surface area contributed by atoms with Gasteiger partial charge in [-0.2, -0.15) is 0 Å². The molecule has 0 fully saturated rings. The van der Waals surface area contributed by atoms with Gasteiger partial charge in [0.15, 0.2) is 0 Å². The van der Waals surface area contributed by atoms with Gasteiger partial charge in [-0.25, -0.2) is 0 Å². The zero-order valence-electron chi connectivity index (χ0n) is 12.7. The van der Waals surface area contributed by atoms with E-state index < -0.39 is 0 Å². The summed E-state index contributed by atoms with van der Waals surface area (Å²) >= 11 is 1.72. The smallest absolute Gasteiger partial charge is 0.236 e. The number of hydrogen-bond acceptors (Lipinski definition) is 2. The molecule has 0 aromatic heterocycles. The highest BCUT2D eigenvalue weighted by Gasteiger charge is 2.35. The Morgan fingerprint density at radius 2 is 1.82 bits per heavy atom. The van der Waals surface area contributed by atoms with Crippen LogP contribution in [-0.2, 0) is 17.6 Å². The van der Waals surface area contributed by atoms with Crippen LogP contribution in [0, 0.1) is 0 Å². The normalized spacial score (nSPS) is 22.2. The van der Waals surface area contributed by atoms with Gasteiger partial charge in [0, 0.05) is 11.9 Å². The van der Waals surface area contributed by atoms with Crippen molar-refractivity contribution in [2.75, 3.05) is 7.05 Å². The summed E-state index contributed by atoms with van der Waals surface area (Å²) in [7, 11) is 1.97. The van der Waals surface area contributed by atoms with Gasteiger partial charge in [-0.05, 0) is 42.0 Å². The van der Waals surface area contributed by atoms with Crippen LogP contribution < -0.4 is 0 Å². The SMILES string of the molecule is CN(C(=O)C1Cc2ccccc2S1)C1CCc2ccccc21. The van der Waals surface area contributed by atoms with E-state index in [2.05, 4.69) is 48.5 Å². The molecule has 0 spiro atoms. The minimum absolute atomic E-state index is 0.0372. The summed E-state index contributed by atoms with van der Waals surface area (Å²) in [5.41, 5.74) is 4.04. The van der Waals surface area contributed by atoms with Crippen LogP contribution in [0.5, 0.6) is 0 Å². The first kappa shape index (κ1) is 13.9. The molecule has 0 saturated heterocycles. The van der Waals surface area contributed by atoms with Gasteiger partial charge < -0.3 is 4.90 Å². The van der Waals surface area contributed by atoms with Gasteiger partial charge in [0.2, 0.25) is 5.91 Å². The lowest BCUT2D eigenvalue weighted by Crippen LogP contribution is -2.36. The Kier molecular flexibility index (Phi) is 3.45. The van der Waals surface area contributed by atoms with Crippen molar-refractivity contribution in [1.29, 1.82) is 0 Å². The zero-order chi connectivity index (χ0) is 15.1. The van der Waals surface area contributed by atoms with Crippen molar-refractivity contribution in [2.45, 2.75) is 35.4 Å². The highest BCUT2D eigenvalue weighted by molar-refractivity contribution is 8.01. The minimum atomic E-state index is 0.0372. The highest BCUT2D eigenvalue weighted by atomic mass is 32.2. The lowest BCUT2D eigenvalue weighted by molar-refractivity contribution is -0.131. The standard InChI is InChI=1S/C19H19NOS/c1-20(16-11-10-13-6-2-4-8-15(13)16)19(21)18-12-14-7-3-5-9-17(14)22-18/h2-9,16,18H,10-12H2,1H3. The van der Waals surface area contributed by atoms with E-state index in [4.69, 9.17) is 0 Å². The van der Waals surface area contributed by atoms with E-state index in [0.717, 1.165) is 19.3 Å². The van der Waals surface area contributed by atoms with E-state index in [0.29, 0.717) is 0 Å². The Hall–Kier alpha value is -1.74. The molecule has 0 radical (unpaired) electrons. The van der Waals surface area contributed by atoms with Gasteiger partial charge in [0.1, 0.15) is 0 Å². The number of amides is 1. The largest absolute Gasteiger partial charge is 0.338 e. The Labute approximate surface area is 135 Å². The van der Waals surface area contributed by atoms with Crippen molar-refractivity contribution in [2.24, 2.45) is 0 Å². The van der Waals surface area contributed by atoms with E-state index in [1.807, 2.05) is 11.9 Å². The van der Waals surface area contributed by atoms with Crippen molar-refractivity contribution < 1.29 is 4.79 Å². The number of carbonyl (C=O) groups excluding carboxylic acids is 1. The lowest BCUT2D eigenvalue weighted by Gasteiger charge is -2.27. The monoisotopic (exact) mass is 309 g/mol. The molecule has 3 heteroatoms. The molecule has 0 bridgehead atoms. The minimum Gasteiger partial charge on any atom is -0.338 e. The fourth-order valence-corrected chi connectivity index (χ4v) is 4.93. The molecule has 22 heavy (non-hydrogen) atoms. The Balaban J connectivity index is 1.53. The molecular weight excluding hydrogens is 290 g/mol. The number of rotatable bonds is 2. The number of thioether (sulfide) groups is 1. The molecule has 2 nitrogen and oxygen atoms in total. The zero-order valence-corrected chi connectivity index (χ0v) is 13.5. The van der Waals surface area contributed by atoms with Crippen LogP contribution in [0.15, 0.2) is 53.4 Å². The molecule has 2 atom stereocenters. The molecule has 4 rings (SSSR count). The van der Waals surface area contributed by atoms with Crippen molar-refractivity contribution in [3.05, 3.63) is 65.2 Å². The molecule has 2 aliphatic rings. The number of carbonyl (C=O) groups is 1. The van der Waals surface area contributed by atoms with Crippen LogP contribution in [0.1, 0.15) is 29.2 Å². The maximum absolute atomic E-state index is 12.9. The van der Waals surface area contributed by atoms with Gasteiger partial charge >= 0.3 is 0 Å². The summed E-state index contributed by atoms with van der Waals surface area (Å²) in [5, 5.41) is 0.0372. The Morgan fingerprint density at radius 1 is 1.09 bits per heavy atom. The average molecular weight is 309 g/mol. The third kappa shape index (κ3) is 2.24. The summed E-state index contributed by atoms with van der Waals surface area (Å²) < 4.78 is 0. The molecule has 2 unspecified atom stereocenters. The van der Waals surface area contributed by atoms with Crippen LogP contribution in [0.2, 0.25) is 0 Å². The third-order valence-electron chi connectivity index (χ3n) is 4.84. The van der Waals surface area contributed by atoms with E-state index in [9.17, 15) is 4.79 Å². The number of nitrogens with zero attached hydrogens (tertiary/aromatic N) is 1. The van der Waals surface area contributed by atoms with Crippen molar-refractivity contribution in [1.82, 2.24) is 4.90 Å². The summed E-state index contributed by atoms with van der Waals surface area (Å²) in [6.07, 6.45) is 2.99. The maximum Gasteiger partial charge on any atom is 0.236 e. The summed E-state index contributed by atoms with van der Waals surface area (Å²) in [6, 6.07) is 17.1. The van der Waals surface area contributed by atoms with E-state index in [1.165, 1.54) is 21.6 Å². The second-order valence-electron chi connectivity index (χ2n) is 6.12. The van der Waals surface area contributed by atoms with Crippen molar-refractivity contribution in [3.63, 3.8) is 0 Å². The van der Waals surface area contributed by atoms with E-state index in [1.54, 1.807) is 11.8 Å². The van der Waals surface area contributed by atoms with Gasteiger partial charge in [0.25, 0.3) is 0 Å². The molecule has 0 N–H and O–H groups in total. The quantitative estimate of drug-likeness (QED) is 0.840. The van der Waals surface area contributed by atoms with Crippen LogP contribution in [0.3, 0.4) is 0 Å². The van der Waals surface area contributed by atoms with Crippen LogP contribution in [0.25, 0.3) is 0 Å². The van der Waals surface area contributed by atoms with E-state index in [-0.39, 0.29) is 17.2 Å². The van der Waals surface area contributed by atoms with Gasteiger partial charge in [0.05, 0.1) is 11.3 Å². The second kappa shape index (κ2) is 5.47. The molecule has 1 amide bonds. The highest BCUT2D eigenvalue weighted by Crippen LogP contribution is 2.40. The fraction of sp³-hybridized carbons (Fsp3) is 0.316. The second-order valence-corrected chi connectivity index (χ2v) is 7.37. The first-order valence-corrected chi connectivity index (χ1v) is 8.71. The van der Waals surface area contributed by atoms with Crippen LogP contribution >= 0.6 is 11.8 Å². The van der Waals surface area contributed by atoms with Crippen LogP contribution in [-0.4, -0.2) is 23.1 Å². The average Bonchev–Trinajstić information content (AvgIpc) is 3.17. The predicted octanol–water partition coefficient (Wildman–Crippen LogP) is 3.85. The fourth-order valence-electron chi connectivity index (χ4n) is 3.64. The van der Waals surface area contributed by atoms with Gasteiger partial charge in [-0.1, -0.05) is 42.5 Å². The molecule has 1 aliphatic heterocycles. The first-order chi connectivity index (χ1) is 10.7. The molecule has 2 aromatic carbocycles. The Morgan fingerprint density at radius 3 is 2.64 bits per heavy atom. The molecule has 112 valence electrons. The molecule has 1 aliphatic carbocycles. The number of hydrogen-bond donors (Lipinski definition) is 0. The third-order valence-corrected chi connectivity index (χ3v) is 6.14. The number of aryl methyl sites for hydroxylation is 1. The maximum atomic E-state index is 12.9. The molecular formula is C19H19NOS. The van der Waals surface area contributed by atoms with Gasteiger partial charge in [-0.3, -0.25) is 4.79 Å². The van der Waals surface area contributed by atoms with E-state index >= 15 is 0 Å². The molecule has 1 heterocycles. The summed E-state index contributed by atoms with van der Waals surface area (Å²) in [5.74, 6) is 0.267.